The van der Waals surface area contributed by atoms with Crippen LogP contribution in [-0.4, -0.2) is 18.5 Å². The van der Waals surface area contributed by atoms with Crippen LogP contribution in [0, 0.1) is 0 Å². The number of hydrogen-bond donors (Lipinski definition) is 0. The summed E-state index contributed by atoms with van der Waals surface area (Å²) in [5.74, 6) is -0.342. The number of hydrogen-bond acceptors (Lipinski definition) is 2. The minimum atomic E-state index is -4.44. The van der Waals surface area contributed by atoms with E-state index in [0.717, 1.165) is 31.4 Å². The van der Waals surface area contributed by atoms with Crippen molar-refractivity contribution in [3.63, 3.8) is 0 Å². The second-order valence-corrected chi connectivity index (χ2v) is 5.17. The van der Waals surface area contributed by atoms with E-state index in [1.54, 1.807) is 0 Å². The average Bonchev–Trinajstić information content (AvgIpc) is 2.46. The number of ketones is 1. The van der Waals surface area contributed by atoms with Crippen molar-refractivity contribution in [3.8, 4) is 0 Å². The fourth-order valence-corrected chi connectivity index (χ4v) is 2.75. The summed E-state index contributed by atoms with van der Waals surface area (Å²) < 4.78 is 43.5. The number of alkyl halides is 3. The second-order valence-electron chi connectivity index (χ2n) is 5.17. The summed E-state index contributed by atoms with van der Waals surface area (Å²) in [4.78, 5) is 12.5. The molecule has 1 aliphatic carbocycles. The Hall–Kier alpha value is -1.36. The third-order valence-electron chi connectivity index (χ3n) is 3.92. The number of methoxy groups -OCH3 is 1. The van der Waals surface area contributed by atoms with Gasteiger partial charge in [0, 0.05) is 12.7 Å². The highest BCUT2D eigenvalue weighted by molar-refractivity contribution is 6.02. The van der Waals surface area contributed by atoms with Crippen molar-refractivity contribution in [2.24, 2.45) is 0 Å². The second kappa shape index (κ2) is 5.56. The summed E-state index contributed by atoms with van der Waals surface area (Å²) in [5, 5.41) is 0. The van der Waals surface area contributed by atoms with Gasteiger partial charge in [0.25, 0.3) is 0 Å². The van der Waals surface area contributed by atoms with Gasteiger partial charge in [-0.3, -0.25) is 4.79 Å². The van der Waals surface area contributed by atoms with Crippen molar-refractivity contribution in [1.82, 2.24) is 0 Å². The van der Waals surface area contributed by atoms with Crippen LogP contribution in [0.1, 0.15) is 48.0 Å². The van der Waals surface area contributed by atoms with Crippen molar-refractivity contribution >= 4 is 5.78 Å². The Bertz CT molecular complexity index is 488. The van der Waals surface area contributed by atoms with Gasteiger partial charge in [-0.2, -0.15) is 13.2 Å². The number of ether oxygens (including phenoxy) is 1. The van der Waals surface area contributed by atoms with E-state index in [2.05, 4.69) is 0 Å². The number of Topliss-reactive ketones (excluding diaryl/α,β-unsaturated/α-hetero) is 1. The van der Waals surface area contributed by atoms with Crippen LogP contribution < -0.4 is 0 Å². The van der Waals surface area contributed by atoms with Crippen LogP contribution in [0.2, 0.25) is 0 Å². The van der Waals surface area contributed by atoms with E-state index in [9.17, 15) is 18.0 Å². The van der Waals surface area contributed by atoms with Gasteiger partial charge in [-0.15, -0.1) is 0 Å². The maximum Gasteiger partial charge on any atom is 0.416 e. The van der Waals surface area contributed by atoms with Crippen molar-refractivity contribution in [1.29, 1.82) is 0 Å². The Morgan fingerprint density at radius 3 is 2.40 bits per heavy atom. The molecule has 1 fully saturated rings. The number of halogens is 3. The predicted octanol–water partition coefficient (Wildman–Crippen LogP) is 4.24. The van der Waals surface area contributed by atoms with Gasteiger partial charge >= 0.3 is 6.18 Å². The SMILES string of the molecule is COC1(C(=O)c2cccc(C(F)(F)F)c2)CCCCC1. The van der Waals surface area contributed by atoms with Crippen molar-refractivity contribution < 1.29 is 22.7 Å². The third kappa shape index (κ3) is 2.87. The van der Waals surface area contributed by atoms with E-state index in [-0.39, 0.29) is 11.3 Å². The van der Waals surface area contributed by atoms with Crippen LogP contribution >= 0.6 is 0 Å². The zero-order valence-electron chi connectivity index (χ0n) is 11.3. The monoisotopic (exact) mass is 286 g/mol. The van der Waals surface area contributed by atoms with Crippen LogP contribution in [-0.2, 0) is 10.9 Å². The van der Waals surface area contributed by atoms with Gasteiger partial charge < -0.3 is 4.74 Å². The van der Waals surface area contributed by atoms with Gasteiger partial charge in [0.2, 0.25) is 0 Å². The first-order valence-electron chi connectivity index (χ1n) is 6.66. The van der Waals surface area contributed by atoms with Crippen LogP contribution in [0.15, 0.2) is 24.3 Å². The highest BCUT2D eigenvalue weighted by Crippen LogP contribution is 2.35. The van der Waals surface area contributed by atoms with Gasteiger partial charge in [0.05, 0.1) is 5.56 Å². The molecule has 1 aromatic rings. The summed E-state index contributed by atoms with van der Waals surface area (Å²) in [6.45, 7) is 0. The lowest BCUT2D eigenvalue weighted by Gasteiger charge is -2.34. The summed E-state index contributed by atoms with van der Waals surface area (Å²) in [7, 11) is 1.46. The lowest BCUT2D eigenvalue weighted by molar-refractivity contribution is -0.137. The zero-order valence-corrected chi connectivity index (χ0v) is 11.3. The first kappa shape index (κ1) is 15.0. The molecule has 0 spiro atoms. The lowest BCUT2D eigenvalue weighted by atomic mass is 9.79. The first-order valence-corrected chi connectivity index (χ1v) is 6.66. The van der Waals surface area contributed by atoms with Gasteiger partial charge in [-0.1, -0.05) is 31.4 Å². The molecule has 1 aliphatic rings. The third-order valence-corrected chi connectivity index (χ3v) is 3.92. The summed E-state index contributed by atoms with van der Waals surface area (Å²) >= 11 is 0. The Morgan fingerprint density at radius 1 is 1.20 bits per heavy atom. The Morgan fingerprint density at radius 2 is 1.85 bits per heavy atom. The van der Waals surface area contributed by atoms with Gasteiger partial charge in [0.1, 0.15) is 5.60 Å². The van der Waals surface area contributed by atoms with Gasteiger partial charge in [-0.05, 0) is 25.0 Å². The molecule has 0 aromatic heterocycles. The Labute approximate surface area is 115 Å². The molecule has 2 rings (SSSR count). The largest absolute Gasteiger partial charge is 0.416 e. The smallest absolute Gasteiger partial charge is 0.370 e. The molecule has 0 saturated heterocycles. The maximum atomic E-state index is 12.7. The molecule has 0 unspecified atom stereocenters. The van der Waals surface area contributed by atoms with Crippen molar-refractivity contribution in [2.75, 3.05) is 7.11 Å². The number of rotatable bonds is 3. The topological polar surface area (TPSA) is 26.3 Å². The standard InChI is InChI=1S/C15H17F3O2/c1-20-14(8-3-2-4-9-14)13(19)11-6-5-7-12(10-11)15(16,17)18/h5-7,10H,2-4,8-9H2,1H3. The Balaban J connectivity index is 2.33. The molecular weight excluding hydrogens is 269 g/mol. The maximum absolute atomic E-state index is 12.7. The molecule has 1 saturated carbocycles. The lowest BCUT2D eigenvalue weighted by Crippen LogP contribution is -2.42. The molecular formula is C15H17F3O2. The van der Waals surface area contributed by atoms with E-state index in [1.807, 2.05) is 0 Å². The Kier molecular flexibility index (Phi) is 4.18. The fraction of sp³-hybridized carbons (Fsp3) is 0.533. The van der Waals surface area contributed by atoms with Crippen molar-refractivity contribution in [3.05, 3.63) is 35.4 Å². The molecule has 0 radical (unpaired) electrons. The molecule has 0 atom stereocenters. The van der Waals surface area contributed by atoms with E-state index in [4.69, 9.17) is 4.74 Å². The number of carbonyl (C=O) groups excluding carboxylic acids is 1. The zero-order chi connectivity index (χ0) is 14.8. The predicted molar refractivity (Wildman–Crippen MR) is 68.6 cm³/mol. The fourth-order valence-electron chi connectivity index (χ4n) is 2.75. The van der Waals surface area contributed by atoms with E-state index in [1.165, 1.54) is 19.2 Å². The summed E-state index contributed by atoms with van der Waals surface area (Å²) in [6.07, 6.45) is -0.557. The minimum absolute atomic E-state index is 0.0728. The van der Waals surface area contributed by atoms with Gasteiger partial charge in [-0.25, -0.2) is 0 Å². The molecule has 0 bridgehead atoms. The van der Waals surface area contributed by atoms with E-state index in [0.29, 0.717) is 12.8 Å². The summed E-state index contributed by atoms with van der Waals surface area (Å²) in [6, 6.07) is 4.57. The van der Waals surface area contributed by atoms with Gasteiger partial charge in [0.15, 0.2) is 5.78 Å². The van der Waals surface area contributed by atoms with Crippen LogP contribution in [0.5, 0.6) is 0 Å². The van der Waals surface area contributed by atoms with E-state index >= 15 is 0 Å². The highest BCUT2D eigenvalue weighted by atomic mass is 19.4. The normalized spacial score (nSPS) is 18.8. The highest BCUT2D eigenvalue weighted by Gasteiger charge is 2.40. The average molecular weight is 286 g/mol. The van der Waals surface area contributed by atoms with E-state index < -0.39 is 17.3 Å². The quantitative estimate of drug-likeness (QED) is 0.777. The van der Waals surface area contributed by atoms with Crippen LogP contribution in [0.25, 0.3) is 0 Å². The number of benzene rings is 1. The molecule has 0 N–H and O–H groups in total. The van der Waals surface area contributed by atoms with Crippen LogP contribution in [0.4, 0.5) is 13.2 Å². The molecule has 0 heterocycles. The molecule has 2 nitrogen and oxygen atoms in total. The molecule has 20 heavy (non-hydrogen) atoms. The molecule has 0 amide bonds. The molecule has 1 aromatic carbocycles. The summed E-state index contributed by atoms with van der Waals surface area (Å²) in [5.41, 5.74) is -1.68. The first-order chi connectivity index (χ1) is 9.39. The van der Waals surface area contributed by atoms with Crippen molar-refractivity contribution in [2.45, 2.75) is 43.9 Å². The minimum Gasteiger partial charge on any atom is -0.370 e. The number of carbonyl (C=O) groups is 1. The molecule has 5 heteroatoms. The van der Waals surface area contributed by atoms with Crippen LogP contribution in [0.3, 0.4) is 0 Å². The molecule has 110 valence electrons. The molecule has 0 aliphatic heterocycles.